The number of benzene rings is 3. The van der Waals surface area contributed by atoms with Crippen molar-refractivity contribution < 1.29 is 34.1 Å². The summed E-state index contributed by atoms with van der Waals surface area (Å²) in [5.74, 6) is -0.696. The van der Waals surface area contributed by atoms with Gasteiger partial charge in [-0.05, 0) is 47.5 Å². The van der Waals surface area contributed by atoms with Crippen molar-refractivity contribution in [2.45, 2.75) is 31.7 Å². The quantitative estimate of drug-likeness (QED) is 0.407. The van der Waals surface area contributed by atoms with E-state index < -0.39 is 24.2 Å². The molecule has 0 aromatic heterocycles. The number of carbonyl (C=O) groups excluding carboxylic acids is 1. The van der Waals surface area contributed by atoms with Gasteiger partial charge < -0.3 is 25.0 Å². The third kappa shape index (κ3) is 4.87. The Hall–Kier alpha value is -3.95. The zero-order valence-electron chi connectivity index (χ0n) is 19.1. The maximum Gasteiger partial charge on any atom is 0.408 e. The molecule has 3 aromatic rings. The number of hydrogen-bond donors (Lipinski definition) is 3. The Labute approximate surface area is 221 Å². The molecule has 2 amide bonds. The number of anilines is 1. The lowest BCUT2D eigenvalue weighted by Crippen LogP contribution is -2.48. The summed E-state index contributed by atoms with van der Waals surface area (Å²) >= 11 is 12.4. The van der Waals surface area contributed by atoms with Crippen molar-refractivity contribution in [1.82, 2.24) is 4.90 Å². The van der Waals surface area contributed by atoms with Crippen LogP contribution in [0.1, 0.15) is 28.4 Å². The topological polar surface area (TPSA) is 125 Å². The molecule has 0 saturated carbocycles. The lowest BCUT2D eigenvalue weighted by atomic mass is 9.92. The number of halogens is 2. The van der Waals surface area contributed by atoms with Gasteiger partial charge in [-0.15, -0.1) is 0 Å². The maximum absolute atomic E-state index is 12.8. The van der Waals surface area contributed by atoms with E-state index in [-0.39, 0.29) is 25.5 Å². The highest BCUT2D eigenvalue weighted by atomic mass is 35.5. The highest BCUT2D eigenvalue weighted by Crippen LogP contribution is 2.39. The number of aliphatic carboxylic acids is 1. The number of nitrogens with one attached hydrogen (secondary N) is 1. The predicted octanol–water partition coefficient (Wildman–Crippen LogP) is 5.13. The Morgan fingerprint density at radius 3 is 2.41 bits per heavy atom. The SMILES string of the molecule is O=C1Nc2cc3c(cc2OC1c1ccc(OCc2c(Cl)cccc2Cl)cc1)CN(C(=O)O)[C@H](C(=O)O)C3. The monoisotopic (exact) mass is 542 g/mol. The summed E-state index contributed by atoms with van der Waals surface area (Å²) in [6.07, 6.45) is -2.27. The molecule has 0 radical (unpaired) electrons. The van der Waals surface area contributed by atoms with Gasteiger partial charge in [-0.3, -0.25) is 9.69 Å². The molecular weight excluding hydrogens is 523 g/mol. The number of rotatable bonds is 5. The molecule has 37 heavy (non-hydrogen) atoms. The molecule has 0 spiro atoms. The van der Waals surface area contributed by atoms with Gasteiger partial charge in [0.25, 0.3) is 5.91 Å². The molecule has 9 nitrogen and oxygen atoms in total. The minimum Gasteiger partial charge on any atom is -0.489 e. The number of carbonyl (C=O) groups is 3. The van der Waals surface area contributed by atoms with Gasteiger partial charge >= 0.3 is 12.1 Å². The second kappa shape index (κ2) is 9.84. The normalized spacial score (nSPS) is 18.2. The average molecular weight is 543 g/mol. The predicted molar refractivity (Wildman–Crippen MR) is 134 cm³/mol. The van der Waals surface area contributed by atoms with Crippen molar-refractivity contribution in [1.29, 1.82) is 0 Å². The summed E-state index contributed by atoms with van der Waals surface area (Å²) in [7, 11) is 0. The van der Waals surface area contributed by atoms with Crippen LogP contribution in [-0.4, -0.2) is 39.1 Å². The second-order valence-electron chi connectivity index (χ2n) is 8.63. The first kappa shape index (κ1) is 24.7. The van der Waals surface area contributed by atoms with Crippen LogP contribution in [0.2, 0.25) is 10.0 Å². The third-order valence-corrected chi connectivity index (χ3v) is 7.04. The zero-order chi connectivity index (χ0) is 26.3. The molecule has 0 fully saturated rings. The van der Waals surface area contributed by atoms with Crippen LogP contribution in [0.3, 0.4) is 0 Å². The number of ether oxygens (including phenoxy) is 2. The van der Waals surface area contributed by atoms with Crippen LogP contribution in [0.15, 0.2) is 54.6 Å². The number of carboxylic acid groups (broad SMARTS) is 2. The molecule has 1 unspecified atom stereocenters. The minimum absolute atomic E-state index is 0.00951. The molecule has 0 bridgehead atoms. The Morgan fingerprint density at radius 2 is 1.76 bits per heavy atom. The van der Waals surface area contributed by atoms with E-state index in [1.807, 2.05) is 0 Å². The van der Waals surface area contributed by atoms with Crippen molar-refractivity contribution in [3.63, 3.8) is 0 Å². The number of nitrogens with zero attached hydrogens (tertiary/aromatic N) is 1. The summed E-state index contributed by atoms with van der Waals surface area (Å²) < 4.78 is 11.8. The smallest absolute Gasteiger partial charge is 0.408 e. The van der Waals surface area contributed by atoms with Crippen molar-refractivity contribution in [2.24, 2.45) is 0 Å². The number of hydrogen-bond acceptors (Lipinski definition) is 5. The Balaban J connectivity index is 1.33. The third-order valence-electron chi connectivity index (χ3n) is 6.33. The van der Waals surface area contributed by atoms with Crippen molar-refractivity contribution in [3.05, 3.63) is 86.9 Å². The molecule has 2 atom stereocenters. The van der Waals surface area contributed by atoms with Gasteiger partial charge in [-0.1, -0.05) is 41.4 Å². The Bertz CT molecular complexity index is 1390. The molecule has 5 rings (SSSR count). The Morgan fingerprint density at radius 1 is 1.05 bits per heavy atom. The fraction of sp³-hybridized carbons (Fsp3) is 0.192. The van der Waals surface area contributed by atoms with Gasteiger partial charge in [-0.25, -0.2) is 9.59 Å². The highest BCUT2D eigenvalue weighted by Gasteiger charge is 2.37. The van der Waals surface area contributed by atoms with E-state index in [4.69, 9.17) is 32.7 Å². The van der Waals surface area contributed by atoms with E-state index in [1.165, 1.54) is 0 Å². The van der Waals surface area contributed by atoms with Crippen LogP contribution in [0.4, 0.5) is 10.5 Å². The lowest BCUT2D eigenvalue weighted by Gasteiger charge is -2.34. The molecule has 11 heteroatoms. The summed E-state index contributed by atoms with van der Waals surface area (Å²) in [6, 6.07) is 14.1. The van der Waals surface area contributed by atoms with Crippen molar-refractivity contribution in [3.8, 4) is 11.5 Å². The van der Waals surface area contributed by atoms with Crippen molar-refractivity contribution in [2.75, 3.05) is 5.32 Å². The molecule has 3 N–H and O–H groups in total. The first-order valence-corrected chi connectivity index (χ1v) is 12.0. The zero-order valence-corrected chi connectivity index (χ0v) is 20.6. The van der Waals surface area contributed by atoms with Crippen LogP contribution in [0, 0.1) is 0 Å². The van der Waals surface area contributed by atoms with Gasteiger partial charge in [0.2, 0.25) is 6.10 Å². The average Bonchev–Trinajstić information content (AvgIpc) is 2.86. The summed E-state index contributed by atoms with van der Waals surface area (Å²) in [5.41, 5.74) is 2.93. The largest absolute Gasteiger partial charge is 0.489 e. The van der Waals surface area contributed by atoms with Crippen LogP contribution in [0.25, 0.3) is 0 Å². The summed E-state index contributed by atoms with van der Waals surface area (Å²) in [6.45, 7) is 0.0746. The van der Waals surface area contributed by atoms with Gasteiger partial charge in [0.05, 0.1) is 12.2 Å². The molecule has 3 aromatic carbocycles. The molecule has 0 aliphatic carbocycles. The number of fused-ring (bicyclic) bond motifs is 2. The Kier molecular flexibility index (Phi) is 6.57. The van der Waals surface area contributed by atoms with E-state index >= 15 is 0 Å². The molecule has 0 saturated heterocycles. The fourth-order valence-electron chi connectivity index (χ4n) is 4.40. The van der Waals surface area contributed by atoms with Crippen LogP contribution >= 0.6 is 23.2 Å². The van der Waals surface area contributed by atoms with Gasteiger partial charge in [0.1, 0.15) is 24.1 Å². The first-order chi connectivity index (χ1) is 17.7. The van der Waals surface area contributed by atoms with Crippen molar-refractivity contribution >= 4 is 46.9 Å². The van der Waals surface area contributed by atoms with E-state index in [2.05, 4.69) is 5.32 Å². The number of amides is 2. The minimum atomic E-state index is -1.32. The molecule has 2 aliphatic heterocycles. The van der Waals surface area contributed by atoms with Crippen LogP contribution < -0.4 is 14.8 Å². The van der Waals surface area contributed by atoms with E-state index in [1.54, 1.807) is 54.6 Å². The fourth-order valence-corrected chi connectivity index (χ4v) is 4.90. The second-order valence-corrected chi connectivity index (χ2v) is 9.45. The van der Waals surface area contributed by atoms with Gasteiger partial charge in [-0.2, -0.15) is 0 Å². The van der Waals surface area contributed by atoms with Gasteiger partial charge in [0, 0.05) is 27.6 Å². The standard InChI is InChI=1S/C26H20Cl2N2O7/c27-18-2-1-3-19(28)17(18)12-36-16-6-4-13(5-7-16)23-24(31)29-20-8-14-9-21(25(32)33)30(26(34)35)11-15(14)10-22(20)37-23/h1-8,10,21,23H,9,11-12H2,(H,29,31)(H,32,33)(H,34,35)/t21-,23?/m0/s1. The van der Waals surface area contributed by atoms with Crippen LogP contribution in [0.5, 0.6) is 11.5 Å². The van der Waals surface area contributed by atoms with Crippen LogP contribution in [-0.2, 0) is 29.2 Å². The van der Waals surface area contributed by atoms with E-state index in [9.17, 15) is 24.6 Å². The summed E-state index contributed by atoms with van der Waals surface area (Å²) in [4.78, 5) is 36.9. The molecule has 190 valence electrons. The highest BCUT2D eigenvalue weighted by molar-refractivity contribution is 6.35. The summed E-state index contributed by atoms with van der Waals surface area (Å²) in [5, 5.41) is 22.7. The molecule has 2 heterocycles. The molecule has 2 aliphatic rings. The first-order valence-electron chi connectivity index (χ1n) is 11.2. The lowest BCUT2D eigenvalue weighted by molar-refractivity contribution is -0.143. The van der Waals surface area contributed by atoms with Gasteiger partial charge in [0.15, 0.2) is 0 Å². The number of carboxylic acids is 1. The van der Waals surface area contributed by atoms with E-state index in [0.717, 1.165) is 4.90 Å². The molecular formula is C26H20Cl2N2O7. The maximum atomic E-state index is 12.8. The van der Waals surface area contributed by atoms with E-state index in [0.29, 0.717) is 49.5 Å².